The monoisotopic (exact) mass is 286 g/mol. The van der Waals surface area contributed by atoms with Gasteiger partial charge >= 0.3 is 0 Å². The molecular formula is C14H23ClN2O2. The summed E-state index contributed by atoms with van der Waals surface area (Å²) >= 11 is 6.09. The number of hydrogen-bond acceptors (Lipinski definition) is 4. The lowest BCUT2D eigenvalue weighted by Crippen LogP contribution is -2.31. The first kappa shape index (κ1) is 16.2. The quantitative estimate of drug-likeness (QED) is 0.728. The summed E-state index contributed by atoms with van der Waals surface area (Å²) in [4.78, 5) is 2.10. The zero-order valence-electron chi connectivity index (χ0n) is 11.7. The van der Waals surface area contributed by atoms with E-state index in [-0.39, 0.29) is 6.61 Å². The number of methoxy groups -OCH3 is 1. The molecule has 108 valence electrons. The van der Waals surface area contributed by atoms with Crippen LogP contribution in [0.4, 0.5) is 5.69 Å². The van der Waals surface area contributed by atoms with Crippen LogP contribution in [0.3, 0.4) is 0 Å². The smallest absolute Gasteiger partial charge is 0.0637 e. The van der Waals surface area contributed by atoms with Crippen LogP contribution in [0.5, 0.6) is 0 Å². The second kappa shape index (κ2) is 9.15. The SMILES string of the molecule is CCNCc1ccc(Cl)cc1N(CCO)CCOC. The highest BCUT2D eigenvalue weighted by atomic mass is 35.5. The van der Waals surface area contributed by atoms with Crippen LogP contribution in [0.2, 0.25) is 5.02 Å². The molecule has 0 aliphatic heterocycles. The number of nitrogens with one attached hydrogen (secondary N) is 1. The van der Waals surface area contributed by atoms with Gasteiger partial charge in [0, 0.05) is 37.5 Å². The highest BCUT2D eigenvalue weighted by molar-refractivity contribution is 6.30. The molecule has 2 N–H and O–H groups in total. The molecule has 1 aromatic rings. The maximum atomic E-state index is 9.20. The molecule has 4 nitrogen and oxygen atoms in total. The first-order valence-electron chi connectivity index (χ1n) is 6.56. The first-order valence-corrected chi connectivity index (χ1v) is 6.94. The Labute approximate surface area is 120 Å². The normalized spacial score (nSPS) is 10.7. The number of ether oxygens (including phenoxy) is 1. The van der Waals surface area contributed by atoms with Crippen LogP contribution in [0.15, 0.2) is 18.2 Å². The topological polar surface area (TPSA) is 44.7 Å². The minimum Gasteiger partial charge on any atom is -0.395 e. The molecular weight excluding hydrogens is 264 g/mol. The number of aliphatic hydroxyl groups is 1. The maximum Gasteiger partial charge on any atom is 0.0637 e. The van der Waals surface area contributed by atoms with Gasteiger partial charge in [0.15, 0.2) is 0 Å². The van der Waals surface area contributed by atoms with Crippen molar-refractivity contribution in [1.29, 1.82) is 0 Å². The molecule has 5 heteroatoms. The second-order valence-electron chi connectivity index (χ2n) is 4.26. The average molecular weight is 287 g/mol. The van der Waals surface area contributed by atoms with Gasteiger partial charge in [0.1, 0.15) is 0 Å². The standard InChI is InChI=1S/C14H23ClN2O2/c1-3-16-11-12-4-5-13(15)10-14(12)17(6-8-18)7-9-19-2/h4-5,10,16,18H,3,6-9,11H2,1-2H3. The van der Waals surface area contributed by atoms with E-state index in [2.05, 4.69) is 17.1 Å². The highest BCUT2D eigenvalue weighted by Crippen LogP contribution is 2.25. The van der Waals surface area contributed by atoms with Gasteiger partial charge in [-0.2, -0.15) is 0 Å². The average Bonchev–Trinajstić information content (AvgIpc) is 2.42. The molecule has 0 aliphatic rings. The van der Waals surface area contributed by atoms with Crippen molar-refractivity contribution >= 4 is 17.3 Å². The third-order valence-electron chi connectivity index (χ3n) is 2.89. The van der Waals surface area contributed by atoms with E-state index in [1.807, 2.05) is 18.2 Å². The number of nitrogens with zero attached hydrogens (tertiary/aromatic N) is 1. The van der Waals surface area contributed by atoms with Gasteiger partial charge in [-0.3, -0.25) is 0 Å². The Kier molecular flexibility index (Phi) is 7.82. The number of hydrogen-bond donors (Lipinski definition) is 2. The number of benzene rings is 1. The van der Waals surface area contributed by atoms with Crippen LogP contribution in [0.1, 0.15) is 12.5 Å². The molecule has 0 fully saturated rings. The molecule has 1 aromatic carbocycles. The summed E-state index contributed by atoms with van der Waals surface area (Å²) in [7, 11) is 1.68. The molecule has 0 spiro atoms. The van der Waals surface area contributed by atoms with E-state index in [0.29, 0.717) is 18.2 Å². The summed E-state index contributed by atoms with van der Waals surface area (Å²) in [5.41, 5.74) is 2.23. The molecule has 0 aromatic heterocycles. The predicted octanol–water partition coefficient (Wildman–Crippen LogP) is 1.89. The van der Waals surface area contributed by atoms with Crippen molar-refractivity contribution in [2.75, 3.05) is 44.9 Å². The van der Waals surface area contributed by atoms with E-state index < -0.39 is 0 Å². The lowest BCUT2D eigenvalue weighted by Gasteiger charge is -2.26. The zero-order chi connectivity index (χ0) is 14.1. The summed E-state index contributed by atoms with van der Waals surface area (Å²) in [6, 6.07) is 5.86. The first-order chi connectivity index (χ1) is 9.22. The van der Waals surface area contributed by atoms with Crippen LogP contribution in [0.25, 0.3) is 0 Å². The number of anilines is 1. The second-order valence-corrected chi connectivity index (χ2v) is 4.69. The molecule has 0 saturated heterocycles. The Morgan fingerprint density at radius 1 is 1.37 bits per heavy atom. The Morgan fingerprint density at radius 2 is 2.16 bits per heavy atom. The minimum absolute atomic E-state index is 0.108. The minimum atomic E-state index is 0.108. The number of rotatable bonds is 9. The van der Waals surface area contributed by atoms with Gasteiger partial charge < -0.3 is 20.1 Å². The van der Waals surface area contributed by atoms with Gasteiger partial charge in [0.05, 0.1) is 13.2 Å². The fourth-order valence-electron chi connectivity index (χ4n) is 1.92. The van der Waals surface area contributed by atoms with Crippen LogP contribution in [-0.4, -0.2) is 45.1 Å². The van der Waals surface area contributed by atoms with Crippen molar-refractivity contribution < 1.29 is 9.84 Å². The van der Waals surface area contributed by atoms with Crippen LogP contribution in [-0.2, 0) is 11.3 Å². The van der Waals surface area contributed by atoms with Crippen molar-refractivity contribution in [3.8, 4) is 0 Å². The van der Waals surface area contributed by atoms with Crippen molar-refractivity contribution in [3.05, 3.63) is 28.8 Å². The molecule has 0 heterocycles. The van der Waals surface area contributed by atoms with E-state index in [1.165, 1.54) is 5.56 Å². The van der Waals surface area contributed by atoms with Crippen molar-refractivity contribution in [2.24, 2.45) is 0 Å². The molecule has 0 saturated carbocycles. The van der Waals surface area contributed by atoms with Crippen molar-refractivity contribution in [1.82, 2.24) is 5.32 Å². The summed E-state index contributed by atoms with van der Waals surface area (Å²) in [6.45, 7) is 5.81. The van der Waals surface area contributed by atoms with Gasteiger partial charge in [-0.25, -0.2) is 0 Å². The fourth-order valence-corrected chi connectivity index (χ4v) is 2.08. The van der Waals surface area contributed by atoms with Crippen LogP contribution >= 0.6 is 11.6 Å². The van der Waals surface area contributed by atoms with Crippen molar-refractivity contribution in [3.63, 3.8) is 0 Å². The number of aliphatic hydroxyl groups excluding tert-OH is 1. The number of halogens is 1. The Hall–Kier alpha value is -0.810. The van der Waals surface area contributed by atoms with E-state index >= 15 is 0 Å². The van der Waals surface area contributed by atoms with E-state index in [4.69, 9.17) is 16.3 Å². The molecule has 0 unspecified atom stereocenters. The lowest BCUT2D eigenvalue weighted by atomic mass is 10.1. The summed E-state index contributed by atoms with van der Waals surface area (Å²) in [6.07, 6.45) is 0. The molecule has 1 rings (SSSR count). The fraction of sp³-hybridized carbons (Fsp3) is 0.571. The Balaban J connectivity index is 2.93. The molecule has 0 amide bonds. The van der Waals surface area contributed by atoms with Gasteiger partial charge in [0.25, 0.3) is 0 Å². The Morgan fingerprint density at radius 3 is 2.79 bits per heavy atom. The molecule has 0 atom stereocenters. The largest absolute Gasteiger partial charge is 0.395 e. The van der Waals surface area contributed by atoms with Crippen LogP contribution in [0, 0.1) is 0 Å². The summed E-state index contributed by atoms with van der Waals surface area (Å²) in [5.74, 6) is 0. The van der Waals surface area contributed by atoms with E-state index in [9.17, 15) is 5.11 Å². The molecule has 0 aliphatic carbocycles. The van der Waals surface area contributed by atoms with Gasteiger partial charge in [-0.05, 0) is 24.2 Å². The Bertz CT molecular complexity index is 374. The summed E-state index contributed by atoms with van der Waals surface area (Å²) < 4.78 is 5.12. The molecule has 19 heavy (non-hydrogen) atoms. The zero-order valence-corrected chi connectivity index (χ0v) is 12.4. The van der Waals surface area contributed by atoms with Crippen LogP contribution < -0.4 is 10.2 Å². The van der Waals surface area contributed by atoms with Crippen molar-refractivity contribution in [2.45, 2.75) is 13.5 Å². The highest BCUT2D eigenvalue weighted by Gasteiger charge is 2.11. The molecule has 0 radical (unpaired) electrons. The molecule has 0 bridgehead atoms. The predicted molar refractivity (Wildman–Crippen MR) is 80.0 cm³/mol. The maximum absolute atomic E-state index is 9.20. The lowest BCUT2D eigenvalue weighted by molar-refractivity contribution is 0.203. The van der Waals surface area contributed by atoms with Gasteiger partial charge in [0.2, 0.25) is 0 Å². The summed E-state index contributed by atoms with van der Waals surface area (Å²) in [5, 5.41) is 13.2. The third kappa shape index (κ3) is 5.37. The van der Waals surface area contributed by atoms with Gasteiger partial charge in [-0.15, -0.1) is 0 Å². The van der Waals surface area contributed by atoms with E-state index in [1.54, 1.807) is 7.11 Å². The third-order valence-corrected chi connectivity index (χ3v) is 3.12. The van der Waals surface area contributed by atoms with E-state index in [0.717, 1.165) is 25.3 Å². The van der Waals surface area contributed by atoms with Gasteiger partial charge in [-0.1, -0.05) is 24.6 Å².